The molecule has 3 N–H and O–H groups in total. The van der Waals surface area contributed by atoms with Gasteiger partial charge in [-0.15, -0.1) is 0 Å². The van der Waals surface area contributed by atoms with Crippen LogP contribution in [0.1, 0.15) is 0 Å². The van der Waals surface area contributed by atoms with E-state index in [0.29, 0.717) is 0 Å². The van der Waals surface area contributed by atoms with E-state index < -0.39 is 4.92 Å². The SMILES string of the molecule is Cn1cc(Sc2ncnc(NN)c2[N+](=O)[O-])cn1. The van der Waals surface area contributed by atoms with Crippen molar-refractivity contribution >= 4 is 23.3 Å². The molecule has 0 unspecified atom stereocenters. The van der Waals surface area contributed by atoms with Gasteiger partial charge < -0.3 is 5.43 Å². The van der Waals surface area contributed by atoms with Crippen LogP contribution in [0.3, 0.4) is 0 Å². The van der Waals surface area contributed by atoms with E-state index in [1.165, 1.54) is 6.33 Å². The molecule has 0 bridgehead atoms. The Balaban J connectivity index is 2.41. The van der Waals surface area contributed by atoms with Gasteiger partial charge in [-0.2, -0.15) is 5.10 Å². The highest BCUT2D eigenvalue weighted by atomic mass is 32.2. The number of nitro groups is 1. The molecule has 2 aromatic rings. The molecule has 0 radical (unpaired) electrons. The van der Waals surface area contributed by atoms with E-state index in [1.54, 1.807) is 24.1 Å². The van der Waals surface area contributed by atoms with Gasteiger partial charge >= 0.3 is 5.69 Å². The van der Waals surface area contributed by atoms with Crippen molar-refractivity contribution in [2.75, 3.05) is 5.43 Å². The summed E-state index contributed by atoms with van der Waals surface area (Å²) in [4.78, 5) is 18.7. The van der Waals surface area contributed by atoms with Crippen LogP contribution < -0.4 is 11.3 Å². The van der Waals surface area contributed by atoms with E-state index in [-0.39, 0.29) is 16.5 Å². The highest BCUT2D eigenvalue weighted by Crippen LogP contribution is 2.35. The van der Waals surface area contributed by atoms with Crippen LogP contribution in [0, 0.1) is 10.1 Å². The maximum absolute atomic E-state index is 11.0. The molecule has 0 spiro atoms. The molecule has 0 fully saturated rings. The lowest BCUT2D eigenvalue weighted by atomic mass is 10.5. The van der Waals surface area contributed by atoms with Crippen molar-refractivity contribution in [3.05, 3.63) is 28.8 Å². The van der Waals surface area contributed by atoms with Crippen LogP contribution in [0.15, 0.2) is 28.6 Å². The van der Waals surface area contributed by atoms with Crippen molar-refractivity contribution < 1.29 is 4.92 Å². The lowest BCUT2D eigenvalue weighted by molar-refractivity contribution is -0.387. The molecule has 0 amide bonds. The Kier molecular flexibility index (Phi) is 3.39. The third-order valence-electron chi connectivity index (χ3n) is 2.00. The molecule has 18 heavy (non-hydrogen) atoms. The molecule has 94 valence electrons. The summed E-state index contributed by atoms with van der Waals surface area (Å²) in [6, 6.07) is 0. The van der Waals surface area contributed by atoms with Crippen LogP contribution in [-0.2, 0) is 7.05 Å². The van der Waals surface area contributed by atoms with E-state index >= 15 is 0 Å². The summed E-state index contributed by atoms with van der Waals surface area (Å²) < 4.78 is 1.59. The Morgan fingerprint density at radius 1 is 1.56 bits per heavy atom. The number of aromatic nitrogens is 4. The quantitative estimate of drug-likeness (QED) is 0.356. The molecule has 0 aliphatic carbocycles. The Bertz CT molecular complexity index is 585. The first-order valence-electron chi connectivity index (χ1n) is 4.74. The summed E-state index contributed by atoms with van der Waals surface area (Å²) in [6.45, 7) is 0. The van der Waals surface area contributed by atoms with Gasteiger partial charge in [0.1, 0.15) is 6.33 Å². The van der Waals surface area contributed by atoms with Crippen molar-refractivity contribution in [2.45, 2.75) is 9.92 Å². The van der Waals surface area contributed by atoms with Crippen LogP contribution in [0.5, 0.6) is 0 Å². The minimum atomic E-state index is -0.576. The van der Waals surface area contributed by atoms with Crippen LogP contribution in [0.2, 0.25) is 0 Å². The van der Waals surface area contributed by atoms with E-state index in [4.69, 9.17) is 5.84 Å². The molecule has 0 saturated heterocycles. The molecular formula is C8H9N7O2S. The third kappa shape index (κ3) is 2.38. The van der Waals surface area contributed by atoms with Crippen molar-refractivity contribution in [1.82, 2.24) is 19.7 Å². The number of nitrogens with two attached hydrogens (primary N) is 1. The summed E-state index contributed by atoms with van der Waals surface area (Å²) in [5, 5.41) is 15.2. The highest BCUT2D eigenvalue weighted by molar-refractivity contribution is 7.99. The first-order valence-corrected chi connectivity index (χ1v) is 5.56. The molecular weight excluding hydrogens is 258 g/mol. The monoisotopic (exact) mass is 267 g/mol. The van der Waals surface area contributed by atoms with Gasteiger partial charge in [0.2, 0.25) is 5.82 Å². The van der Waals surface area contributed by atoms with Crippen molar-refractivity contribution in [3.8, 4) is 0 Å². The maximum atomic E-state index is 11.0. The van der Waals surface area contributed by atoms with Crippen LogP contribution in [-0.4, -0.2) is 24.7 Å². The number of nitrogen functional groups attached to an aromatic ring is 1. The van der Waals surface area contributed by atoms with E-state index in [9.17, 15) is 10.1 Å². The molecule has 2 heterocycles. The number of hydrogen-bond donors (Lipinski definition) is 2. The Hall–Kier alpha value is -2.20. The lowest BCUT2D eigenvalue weighted by Crippen LogP contribution is -2.11. The fourth-order valence-electron chi connectivity index (χ4n) is 1.27. The van der Waals surface area contributed by atoms with Gasteiger partial charge in [0.25, 0.3) is 0 Å². The predicted octanol–water partition coefficient (Wildman–Crippen LogP) is 0.555. The van der Waals surface area contributed by atoms with Crippen molar-refractivity contribution in [3.63, 3.8) is 0 Å². The molecule has 0 saturated carbocycles. The third-order valence-corrected chi connectivity index (χ3v) is 2.94. The number of rotatable bonds is 4. The van der Waals surface area contributed by atoms with Gasteiger partial charge in [0.15, 0.2) is 5.03 Å². The largest absolute Gasteiger partial charge is 0.344 e. The zero-order valence-corrected chi connectivity index (χ0v) is 10.1. The maximum Gasteiger partial charge on any atom is 0.344 e. The minimum Gasteiger partial charge on any atom is -0.303 e. The Morgan fingerprint density at radius 3 is 2.89 bits per heavy atom. The first kappa shape index (κ1) is 12.3. The van der Waals surface area contributed by atoms with Crippen LogP contribution >= 0.6 is 11.8 Å². The zero-order valence-electron chi connectivity index (χ0n) is 9.27. The number of aryl methyl sites for hydroxylation is 1. The van der Waals surface area contributed by atoms with Crippen LogP contribution in [0.4, 0.5) is 11.5 Å². The summed E-state index contributed by atoms with van der Waals surface area (Å²) in [7, 11) is 1.76. The summed E-state index contributed by atoms with van der Waals surface area (Å²) >= 11 is 1.12. The topological polar surface area (TPSA) is 125 Å². The molecule has 2 rings (SSSR count). The zero-order chi connectivity index (χ0) is 13.1. The molecule has 0 aromatic carbocycles. The average molecular weight is 267 g/mol. The van der Waals surface area contributed by atoms with E-state index in [1.807, 2.05) is 0 Å². The number of nitrogens with zero attached hydrogens (tertiary/aromatic N) is 5. The van der Waals surface area contributed by atoms with E-state index in [2.05, 4.69) is 20.5 Å². The fourth-order valence-corrected chi connectivity index (χ4v) is 2.17. The summed E-state index contributed by atoms with van der Waals surface area (Å²) in [6.07, 6.45) is 4.53. The number of hydrazine groups is 1. The Morgan fingerprint density at radius 2 is 2.33 bits per heavy atom. The summed E-state index contributed by atoms with van der Waals surface area (Å²) in [5.41, 5.74) is 1.93. The van der Waals surface area contributed by atoms with Crippen molar-refractivity contribution in [2.24, 2.45) is 12.9 Å². The molecule has 9 nitrogen and oxygen atoms in total. The van der Waals surface area contributed by atoms with Gasteiger partial charge in [0, 0.05) is 13.2 Å². The molecule has 0 aliphatic rings. The van der Waals surface area contributed by atoms with Crippen molar-refractivity contribution in [1.29, 1.82) is 0 Å². The second-order valence-corrected chi connectivity index (χ2v) is 4.29. The fraction of sp³-hybridized carbons (Fsp3) is 0.125. The normalized spacial score (nSPS) is 10.3. The lowest BCUT2D eigenvalue weighted by Gasteiger charge is -2.03. The highest BCUT2D eigenvalue weighted by Gasteiger charge is 2.23. The van der Waals surface area contributed by atoms with Gasteiger partial charge in [0.05, 0.1) is 16.0 Å². The standard InChI is InChI=1S/C8H9N7O2S/c1-14-3-5(2-12-14)18-8-6(15(16)17)7(13-9)10-4-11-8/h2-4H,9H2,1H3,(H,10,11,13). The molecule has 0 aliphatic heterocycles. The Labute approximate surface area is 106 Å². The number of nitrogens with one attached hydrogen (secondary N) is 1. The van der Waals surface area contributed by atoms with Gasteiger partial charge in [-0.3, -0.25) is 14.8 Å². The summed E-state index contributed by atoms with van der Waals surface area (Å²) in [5.74, 6) is 5.16. The van der Waals surface area contributed by atoms with Gasteiger partial charge in [-0.05, 0) is 0 Å². The van der Waals surface area contributed by atoms with Gasteiger partial charge in [-0.25, -0.2) is 15.8 Å². The molecule has 0 atom stereocenters. The molecule has 10 heteroatoms. The predicted molar refractivity (Wildman–Crippen MR) is 63.8 cm³/mol. The second-order valence-electron chi connectivity index (χ2n) is 3.23. The van der Waals surface area contributed by atoms with Gasteiger partial charge in [-0.1, -0.05) is 11.8 Å². The smallest absolute Gasteiger partial charge is 0.303 e. The van der Waals surface area contributed by atoms with Crippen LogP contribution in [0.25, 0.3) is 0 Å². The van der Waals surface area contributed by atoms with E-state index in [0.717, 1.165) is 16.7 Å². The first-order chi connectivity index (χ1) is 8.61. The number of anilines is 1. The number of hydrogen-bond acceptors (Lipinski definition) is 8. The minimum absolute atomic E-state index is 0.0265. The molecule has 2 aromatic heterocycles. The average Bonchev–Trinajstić information content (AvgIpc) is 2.74. The second kappa shape index (κ2) is 4.98.